The molecule has 3 atom stereocenters. The maximum atomic E-state index is 9.23. The highest BCUT2D eigenvalue weighted by Gasteiger charge is 2.24. The lowest BCUT2D eigenvalue weighted by Gasteiger charge is -2.27. The summed E-state index contributed by atoms with van der Waals surface area (Å²) in [7, 11) is 0. The number of aliphatic hydroxyl groups excluding tert-OH is 2. The average molecular weight is 174 g/mol. The first-order chi connectivity index (χ1) is 5.77. The van der Waals surface area contributed by atoms with Crippen LogP contribution in [-0.4, -0.2) is 41.9 Å². The molecule has 1 heterocycles. The standard InChI is InChI=1S/C8H14O4/c1-2-11-8-4-3-6(10)7(5-9)12-8/h3-4,6-10H,2,5H2,1H3/t6-,7+,8?/m0/s1. The Hall–Kier alpha value is -0.420. The summed E-state index contributed by atoms with van der Waals surface area (Å²) in [6.07, 6.45) is 1.49. The van der Waals surface area contributed by atoms with Crippen LogP contribution in [0.15, 0.2) is 12.2 Å². The minimum Gasteiger partial charge on any atom is -0.394 e. The molecule has 2 N–H and O–H groups in total. The van der Waals surface area contributed by atoms with Crippen LogP contribution in [0.3, 0.4) is 0 Å². The van der Waals surface area contributed by atoms with Crippen molar-refractivity contribution in [1.29, 1.82) is 0 Å². The third-order valence-corrected chi connectivity index (χ3v) is 1.67. The van der Waals surface area contributed by atoms with Crippen LogP contribution in [-0.2, 0) is 9.47 Å². The molecule has 70 valence electrons. The molecule has 0 bridgehead atoms. The normalized spacial score (nSPS) is 35.4. The Labute approximate surface area is 71.4 Å². The maximum absolute atomic E-state index is 9.23. The van der Waals surface area contributed by atoms with Crippen LogP contribution in [0.4, 0.5) is 0 Å². The van der Waals surface area contributed by atoms with Crippen LogP contribution in [0, 0.1) is 0 Å². The molecule has 0 aromatic carbocycles. The Kier molecular flexibility index (Phi) is 3.68. The van der Waals surface area contributed by atoms with Gasteiger partial charge in [0.25, 0.3) is 0 Å². The first kappa shape index (κ1) is 9.67. The molecule has 1 aliphatic heterocycles. The zero-order chi connectivity index (χ0) is 8.97. The monoisotopic (exact) mass is 174 g/mol. The molecular weight excluding hydrogens is 160 g/mol. The number of rotatable bonds is 3. The van der Waals surface area contributed by atoms with Gasteiger partial charge in [0.05, 0.1) is 6.61 Å². The van der Waals surface area contributed by atoms with Gasteiger partial charge in [-0.05, 0) is 13.0 Å². The van der Waals surface area contributed by atoms with Crippen LogP contribution in [0.5, 0.6) is 0 Å². The van der Waals surface area contributed by atoms with Crippen molar-refractivity contribution >= 4 is 0 Å². The summed E-state index contributed by atoms with van der Waals surface area (Å²) >= 11 is 0. The van der Waals surface area contributed by atoms with E-state index < -0.39 is 18.5 Å². The molecule has 12 heavy (non-hydrogen) atoms. The summed E-state index contributed by atoms with van der Waals surface area (Å²) in [6, 6.07) is 0. The molecule has 0 aromatic heterocycles. The minimum absolute atomic E-state index is 0.199. The zero-order valence-corrected chi connectivity index (χ0v) is 7.01. The van der Waals surface area contributed by atoms with Gasteiger partial charge in [-0.15, -0.1) is 0 Å². The van der Waals surface area contributed by atoms with Crippen molar-refractivity contribution in [2.75, 3.05) is 13.2 Å². The molecule has 0 radical (unpaired) electrons. The van der Waals surface area contributed by atoms with Crippen molar-refractivity contribution in [2.45, 2.75) is 25.4 Å². The molecule has 0 spiro atoms. The SMILES string of the molecule is CCOC1C=C[C@H](O)[C@@H](CO)O1. The fourth-order valence-electron chi connectivity index (χ4n) is 1.04. The third-order valence-electron chi connectivity index (χ3n) is 1.67. The lowest BCUT2D eigenvalue weighted by atomic mass is 10.1. The summed E-state index contributed by atoms with van der Waals surface area (Å²) in [4.78, 5) is 0. The number of hydrogen-bond acceptors (Lipinski definition) is 4. The van der Waals surface area contributed by atoms with E-state index in [1.54, 1.807) is 12.2 Å². The maximum Gasteiger partial charge on any atom is 0.177 e. The van der Waals surface area contributed by atoms with E-state index in [-0.39, 0.29) is 6.61 Å². The van der Waals surface area contributed by atoms with Gasteiger partial charge in [-0.2, -0.15) is 0 Å². The first-order valence-corrected chi connectivity index (χ1v) is 4.02. The molecule has 1 aliphatic rings. The van der Waals surface area contributed by atoms with E-state index in [1.165, 1.54) is 0 Å². The second-order valence-electron chi connectivity index (χ2n) is 2.56. The fraction of sp³-hybridized carbons (Fsp3) is 0.750. The van der Waals surface area contributed by atoms with Crippen molar-refractivity contribution in [2.24, 2.45) is 0 Å². The smallest absolute Gasteiger partial charge is 0.177 e. The van der Waals surface area contributed by atoms with Crippen molar-refractivity contribution in [3.63, 3.8) is 0 Å². The van der Waals surface area contributed by atoms with E-state index in [0.717, 1.165) is 0 Å². The van der Waals surface area contributed by atoms with E-state index in [4.69, 9.17) is 14.6 Å². The molecule has 0 saturated heterocycles. The predicted molar refractivity (Wildman–Crippen MR) is 42.5 cm³/mol. The van der Waals surface area contributed by atoms with Gasteiger partial charge in [0.15, 0.2) is 6.29 Å². The summed E-state index contributed by atoms with van der Waals surface area (Å²) < 4.78 is 10.3. The summed E-state index contributed by atoms with van der Waals surface area (Å²) in [5.74, 6) is 0. The minimum atomic E-state index is -0.730. The fourth-order valence-corrected chi connectivity index (χ4v) is 1.04. The van der Waals surface area contributed by atoms with Gasteiger partial charge in [-0.25, -0.2) is 0 Å². The topological polar surface area (TPSA) is 58.9 Å². The Morgan fingerprint density at radius 3 is 2.83 bits per heavy atom. The van der Waals surface area contributed by atoms with Crippen molar-refractivity contribution < 1.29 is 19.7 Å². The molecule has 4 nitrogen and oxygen atoms in total. The lowest BCUT2D eigenvalue weighted by Crippen LogP contribution is -2.38. The van der Waals surface area contributed by atoms with Gasteiger partial charge in [0.2, 0.25) is 0 Å². The van der Waals surface area contributed by atoms with Gasteiger partial charge < -0.3 is 19.7 Å². The average Bonchev–Trinajstić information content (AvgIpc) is 2.09. The highest BCUT2D eigenvalue weighted by molar-refractivity contribution is 4.99. The number of hydrogen-bond donors (Lipinski definition) is 2. The van der Waals surface area contributed by atoms with E-state index >= 15 is 0 Å². The van der Waals surface area contributed by atoms with Gasteiger partial charge in [0.1, 0.15) is 12.2 Å². The van der Waals surface area contributed by atoms with Crippen LogP contribution < -0.4 is 0 Å². The Morgan fingerprint density at radius 1 is 1.50 bits per heavy atom. The first-order valence-electron chi connectivity index (χ1n) is 4.02. The van der Waals surface area contributed by atoms with Crippen LogP contribution in [0.25, 0.3) is 0 Å². The van der Waals surface area contributed by atoms with Gasteiger partial charge in [-0.1, -0.05) is 6.08 Å². The number of ether oxygens (including phenoxy) is 2. The third kappa shape index (κ3) is 2.28. The Balaban J connectivity index is 2.46. The Bertz CT molecular complexity index is 157. The van der Waals surface area contributed by atoms with Crippen molar-refractivity contribution in [1.82, 2.24) is 0 Å². The molecule has 0 aromatic rings. The molecular formula is C8H14O4. The Morgan fingerprint density at radius 2 is 2.25 bits per heavy atom. The molecule has 4 heteroatoms. The van der Waals surface area contributed by atoms with Crippen molar-refractivity contribution in [3.8, 4) is 0 Å². The van der Waals surface area contributed by atoms with Crippen LogP contribution in [0.2, 0.25) is 0 Å². The lowest BCUT2D eigenvalue weighted by molar-refractivity contribution is -0.177. The second kappa shape index (κ2) is 4.57. The van der Waals surface area contributed by atoms with Crippen molar-refractivity contribution in [3.05, 3.63) is 12.2 Å². The summed E-state index contributed by atoms with van der Waals surface area (Å²) in [5.41, 5.74) is 0. The quantitative estimate of drug-likeness (QED) is 0.574. The summed E-state index contributed by atoms with van der Waals surface area (Å²) in [5, 5.41) is 18.0. The van der Waals surface area contributed by atoms with Crippen LogP contribution >= 0.6 is 0 Å². The number of aliphatic hydroxyl groups is 2. The second-order valence-corrected chi connectivity index (χ2v) is 2.56. The molecule has 0 saturated carbocycles. The van der Waals surface area contributed by atoms with Gasteiger partial charge >= 0.3 is 0 Å². The highest BCUT2D eigenvalue weighted by atomic mass is 16.7. The zero-order valence-electron chi connectivity index (χ0n) is 7.01. The summed E-state index contributed by atoms with van der Waals surface area (Å²) in [6.45, 7) is 2.20. The van der Waals surface area contributed by atoms with Crippen LogP contribution in [0.1, 0.15) is 6.92 Å². The van der Waals surface area contributed by atoms with E-state index in [9.17, 15) is 5.11 Å². The molecule has 1 unspecified atom stereocenters. The van der Waals surface area contributed by atoms with Gasteiger partial charge in [0, 0.05) is 6.61 Å². The highest BCUT2D eigenvalue weighted by Crippen LogP contribution is 2.13. The van der Waals surface area contributed by atoms with E-state index in [2.05, 4.69) is 0 Å². The van der Waals surface area contributed by atoms with E-state index in [1.807, 2.05) is 6.92 Å². The molecule has 0 aliphatic carbocycles. The van der Waals surface area contributed by atoms with E-state index in [0.29, 0.717) is 6.61 Å². The largest absolute Gasteiger partial charge is 0.394 e. The molecule has 0 fully saturated rings. The molecule has 0 amide bonds. The molecule has 1 rings (SSSR count). The predicted octanol–water partition coefficient (Wildman–Crippen LogP) is -0.343. The van der Waals surface area contributed by atoms with Gasteiger partial charge in [-0.3, -0.25) is 0 Å².